The summed E-state index contributed by atoms with van der Waals surface area (Å²) in [4.78, 5) is 14.2. The Hall–Kier alpha value is -1.57. The van der Waals surface area contributed by atoms with Crippen molar-refractivity contribution in [2.45, 2.75) is 26.7 Å². The second-order valence-electron chi connectivity index (χ2n) is 5.27. The average molecular weight is 243 g/mol. The van der Waals surface area contributed by atoms with Gasteiger partial charge in [0, 0.05) is 30.4 Å². The van der Waals surface area contributed by atoms with Crippen LogP contribution in [0.3, 0.4) is 0 Å². The third-order valence-corrected chi connectivity index (χ3v) is 3.97. The SMILES string of the molecule is C[C@@H]1CC/C(=C/N(C)c2ccccc2)C(=O)[C@H]1C. The van der Waals surface area contributed by atoms with Gasteiger partial charge in [-0.3, -0.25) is 4.79 Å². The fourth-order valence-corrected chi connectivity index (χ4v) is 2.41. The number of rotatable bonds is 2. The normalized spacial score (nSPS) is 26.4. The zero-order valence-electron chi connectivity index (χ0n) is 11.4. The van der Waals surface area contributed by atoms with Crippen molar-refractivity contribution in [3.05, 3.63) is 42.1 Å². The number of nitrogens with zero attached hydrogens (tertiary/aromatic N) is 1. The third kappa shape index (κ3) is 2.63. The predicted octanol–water partition coefficient (Wildman–Crippen LogP) is 3.64. The van der Waals surface area contributed by atoms with Crippen molar-refractivity contribution in [1.82, 2.24) is 0 Å². The zero-order valence-corrected chi connectivity index (χ0v) is 11.4. The number of benzene rings is 1. The van der Waals surface area contributed by atoms with E-state index >= 15 is 0 Å². The Labute approximate surface area is 109 Å². The van der Waals surface area contributed by atoms with E-state index in [0.717, 1.165) is 24.1 Å². The third-order valence-electron chi connectivity index (χ3n) is 3.97. The number of para-hydroxylation sites is 1. The van der Waals surface area contributed by atoms with Gasteiger partial charge in [-0.1, -0.05) is 32.0 Å². The van der Waals surface area contributed by atoms with Crippen molar-refractivity contribution in [2.24, 2.45) is 11.8 Å². The van der Waals surface area contributed by atoms with Gasteiger partial charge in [0.15, 0.2) is 5.78 Å². The molecule has 1 aliphatic carbocycles. The zero-order chi connectivity index (χ0) is 13.1. The van der Waals surface area contributed by atoms with E-state index in [1.54, 1.807) is 0 Å². The summed E-state index contributed by atoms with van der Waals surface area (Å²) >= 11 is 0. The van der Waals surface area contributed by atoms with Gasteiger partial charge in [-0.05, 0) is 30.9 Å². The molecule has 0 spiro atoms. The minimum Gasteiger partial charge on any atom is -0.351 e. The Morgan fingerprint density at radius 3 is 2.56 bits per heavy atom. The van der Waals surface area contributed by atoms with Crippen LogP contribution in [0.1, 0.15) is 26.7 Å². The summed E-state index contributed by atoms with van der Waals surface area (Å²) in [5, 5.41) is 0. The van der Waals surface area contributed by atoms with E-state index < -0.39 is 0 Å². The van der Waals surface area contributed by atoms with E-state index in [4.69, 9.17) is 0 Å². The molecular weight excluding hydrogens is 222 g/mol. The maximum absolute atomic E-state index is 12.2. The Balaban J connectivity index is 2.16. The van der Waals surface area contributed by atoms with Crippen LogP contribution in [-0.2, 0) is 4.79 Å². The van der Waals surface area contributed by atoms with Crippen LogP contribution >= 0.6 is 0 Å². The molecule has 0 aromatic heterocycles. The number of carbonyl (C=O) groups excluding carboxylic acids is 1. The standard InChI is InChI=1S/C16H21NO/c1-12-9-10-14(16(18)13(12)2)11-17(3)15-7-5-4-6-8-15/h4-8,11-13H,9-10H2,1-3H3/b14-11-/t12-,13+/m1/s1. The maximum Gasteiger partial charge on any atom is 0.163 e. The van der Waals surface area contributed by atoms with E-state index in [1.807, 2.05) is 43.3 Å². The van der Waals surface area contributed by atoms with Gasteiger partial charge in [-0.2, -0.15) is 0 Å². The Morgan fingerprint density at radius 1 is 1.22 bits per heavy atom. The molecule has 0 saturated heterocycles. The van der Waals surface area contributed by atoms with Gasteiger partial charge < -0.3 is 4.90 Å². The molecule has 0 radical (unpaired) electrons. The molecule has 0 aliphatic heterocycles. The molecule has 0 N–H and O–H groups in total. The molecule has 0 unspecified atom stereocenters. The van der Waals surface area contributed by atoms with Crippen LogP contribution in [-0.4, -0.2) is 12.8 Å². The molecule has 1 aromatic carbocycles. The van der Waals surface area contributed by atoms with Crippen LogP contribution < -0.4 is 4.90 Å². The van der Waals surface area contributed by atoms with Gasteiger partial charge in [0.1, 0.15) is 0 Å². The lowest BCUT2D eigenvalue weighted by Crippen LogP contribution is -2.27. The van der Waals surface area contributed by atoms with Crippen LogP contribution in [0.5, 0.6) is 0 Å². The highest BCUT2D eigenvalue weighted by molar-refractivity contribution is 5.98. The maximum atomic E-state index is 12.2. The predicted molar refractivity (Wildman–Crippen MR) is 75.5 cm³/mol. The van der Waals surface area contributed by atoms with Crippen LogP contribution in [0.4, 0.5) is 5.69 Å². The highest BCUT2D eigenvalue weighted by Crippen LogP contribution is 2.30. The van der Waals surface area contributed by atoms with E-state index in [9.17, 15) is 4.79 Å². The summed E-state index contributed by atoms with van der Waals surface area (Å²) in [6.07, 6.45) is 4.02. The number of allylic oxidation sites excluding steroid dienone is 1. The Morgan fingerprint density at radius 2 is 1.89 bits per heavy atom. The van der Waals surface area contributed by atoms with Crippen LogP contribution in [0, 0.1) is 11.8 Å². The molecule has 2 nitrogen and oxygen atoms in total. The number of anilines is 1. The molecule has 2 heteroatoms. The molecule has 1 aromatic rings. The number of hydrogen-bond donors (Lipinski definition) is 0. The van der Waals surface area contributed by atoms with Crippen molar-refractivity contribution in [3.8, 4) is 0 Å². The van der Waals surface area contributed by atoms with Crippen molar-refractivity contribution in [3.63, 3.8) is 0 Å². The Bertz CT molecular complexity index is 449. The largest absolute Gasteiger partial charge is 0.351 e. The first-order valence-electron chi connectivity index (χ1n) is 6.62. The van der Waals surface area contributed by atoms with Crippen molar-refractivity contribution >= 4 is 11.5 Å². The molecule has 1 aliphatic rings. The average Bonchev–Trinajstić information content (AvgIpc) is 2.40. The molecule has 0 heterocycles. The van der Waals surface area contributed by atoms with Crippen LogP contribution in [0.15, 0.2) is 42.1 Å². The second-order valence-corrected chi connectivity index (χ2v) is 5.27. The highest BCUT2D eigenvalue weighted by atomic mass is 16.1. The summed E-state index contributed by atoms with van der Waals surface area (Å²) in [6, 6.07) is 10.1. The monoisotopic (exact) mass is 243 g/mol. The topological polar surface area (TPSA) is 20.3 Å². The summed E-state index contributed by atoms with van der Waals surface area (Å²) in [5.41, 5.74) is 2.08. The summed E-state index contributed by atoms with van der Waals surface area (Å²) in [7, 11) is 2.00. The second kappa shape index (κ2) is 5.38. The van der Waals surface area contributed by atoms with E-state index in [1.165, 1.54) is 0 Å². The Kier molecular flexibility index (Phi) is 3.85. The first kappa shape index (κ1) is 12.9. The van der Waals surface area contributed by atoms with Gasteiger partial charge in [0.05, 0.1) is 0 Å². The molecule has 2 rings (SSSR count). The van der Waals surface area contributed by atoms with Crippen LogP contribution in [0.2, 0.25) is 0 Å². The van der Waals surface area contributed by atoms with Gasteiger partial charge >= 0.3 is 0 Å². The number of carbonyl (C=O) groups is 1. The van der Waals surface area contributed by atoms with E-state index in [0.29, 0.717) is 11.7 Å². The quantitative estimate of drug-likeness (QED) is 0.739. The number of hydrogen-bond acceptors (Lipinski definition) is 2. The van der Waals surface area contributed by atoms with Crippen molar-refractivity contribution < 1.29 is 4.79 Å². The van der Waals surface area contributed by atoms with E-state index in [2.05, 4.69) is 19.1 Å². The van der Waals surface area contributed by atoms with Crippen LogP contribution in [0.25, 0.3) is 0 Å². The lowest BCUT2D eigenvalue weighted by Gasteiger charge is -2.27. The highest BCUT2D eigenvalue weighted by Gasteiger charge is 2.28. The molecule has 2 atom stereocenters. The first-order valence-corrected chi connectivity index (χ1v) is 6.62. The lowest BCUT2D eigenvalue weighted by atomic mass is 9.78. The van der Waals surface area contributed by atoms with E-state index in [-0.39, 0.29) is 5.92 Å². The summed E-state index contributed by atoms with van der Waals surface area (Å²) in [6.45, 7) is 4.21. The molecule has 96 valence electrons. The molecular formula is C16H21NO. The molecule has 18 heavy (non-hydrogen) atoms. The van der Waals surface area contributed by atoms with Gasteiger partial charge in [-0.25, -0.2) is 0 Å². The molecule has 1 fully saturated rings. The van der Waals surface area contributed by atoms with Crippen molar-refractivity contribution in [2.75, 3.05) is 11.9 Å². The minimum absolute atomic E-state index is 0.161. The van der Waals surface area contributed by atoms with Gasteiger partial charge in [0.25, 0.3) is 0 Å². The van der Waals surface area contributed by atoms with Crippen molar-refractivity contribution in [1.29, 1.82) is 0 Å². The minimum atomic E-state index is 0.161. The summed E-state index contributed by atoms with van der Waals surface area (Å²) < 4.78 is 0. The molecule has 0 amide bonds. The fraction of sp³-hybridized carbons (Fsp3) is 0.438. The lowest BCUT2D eigenvalue weighted by molar-refractivity contribution is -0.121. The fourth-order valence-electron chi connectivity index (χ4n) is 2.41. The first-order chi connectivity index (χ1) is 8.59. The number of ketones is 1. The van der Waals surface area contributed by atoms with Gasteiger partial charge in [-0.15, -0.1) is 0 Å². The molecule has 1 saturated carbocycles. The summed E-state index contributed by atoms with van der Waals surface area (Å²) in [5.74, 6) is 0.988. The number of Topliss-reactive ketones (excluding diaryl/α,β-unsaturated/α-hetero) is 1. The molecule has 0 bridgehead atoms. The van der Waals surface area contributed by atoms with Gasteiger partial charge in [0.2, 0.25) is 0 Å². The smallest absolute Gasteiger partial charge is 0.163 e.